The fraction of sp³-hybridized carbons (Fsp3) is 0.368. The number of nitrogens with zero attached hydrogens (tertiary/aromatic N) is 1. The van der Waals surface area contributed by atoms with Gasteiger partial charge < -0.3 is 10.5 Å². The van der Waals surface area contributed by atoms with Gasteiger partial charge in [-0.25, -0.2) is 0 Å². The smallest absolute Gasteiger partial charge is 0.0703 e. The van der Waals surface area contributed by atoms with Gasteiger partial charge in [-0.3, -0.25) is 4.90 Å². The Morgan fingerprint density at radius 2 is 1.77 bits per heavy atom. The molecule has 1 heterocycles. The Morgan fingerprint density at radius 1 is 1.00 bits per heavy atom. The molecule has 0 saturated carbocycles. The molecule has 1 atom stereocenters. The fourth-order valence-electron chi connectivity index (χ4n) is 3.05. The lowest BCUT2D eigenvalue weighted by atomic mass is 10.1. The van der Waals surface area contributed by atoms with E-state index in [0.29, 0.717) is 6.10 Å². The summed E-state index contributed by atoms with van der Waals surface area (Å²) in [5.41, 5.74) is 9.33. The van der Waals surface area contributed by atoms with Crippen LogP contribution in [0.15, 0.2) is 54.6 Å². The van der Waals surface area contributed by atoms with Crippen molar-refractivity contribution in [2.45, 2.75) is 32.0 Å². The normalized spacial score (nSPS) is 18.0. The summed E-state index contributed by atoms with van der Waals surface area (Å²) in [5.74, 6) is 0. The van der Waals surface area contributed by atoms with Crippen LogP contribution >= 0.6 is 0 Å². The maximum atomic E-state index is 5.91. The third-order valence-corrected chi connectivity index (χ3v) is 4.09. The standard InChI is InChI=1S/C19H24N2O/c20-18-9-4-8-17(12-18)14-21(15-19-10-5-11-22-19)13-16-6-2-1-3-7-16/h1-4,6-9,12,19H,5,10-11,13-15,20H2. The summed E-state index contributed by atoms with van der Waals surface area (Å²) in [6.45, 7) is 3.72. The molecule has 3 nitrogen and oxygen atoms in total. The van der Waals surface area contributed by atoms with Crippen LogP contribution in [0.25, 0.3) is 0 Å². The van der Waals surface area contributed by atoms with Crippen molar-refractivity contribution in [3.05, 3.63) is 65.7 Å². The van der Waals surface area contributed by atoms with Gasteiger partial charge in [-0.1, -0.05) is 42.5 Å². The zero-order valence-corrected chi connectivity index (χ0v) is 12.9. The topological polar surface area (TPSA) is 38.5 Å². The number of ether oxygens (including phenoxy) is 1. The molecule has 2 aromatic carbocycles. The molecule has 22 heavy (non-hydrogen) atoms. The Bertz CT molecular complexity index is 579. The van der Waals surface area contributed by atoms with Gasteiger partial charge in [0.2, 0.25) is 0 Å². The first-order valence-corrected chi connectivity index (χ1v) is 8.02. The van der Waals surface area contributed by atoms with E-state index in [-0.39, 0.29) is 0 Å². The van der Waals surface area contributed by atoms with Gasteiger partial charge >= 0.3 is 0 Å². The summed E-state index contributed by atoms with van der Waals surface area (Å²) in [4.78, 5) is 2.46. The molecular weight excluding hydrogens is 272 g/mol. The van der Waals surface area contributed by atoms with Gasteiger partial charge in [0.1, 0.15) is 0 Å². The number of anilines is 1. The molecule has 1 aliphatic heterocycles. The van der Waals surface area contributed by atoms with Gasteiger partial charge in [-0.2, -0.15) is 0 Å². The Hall–Kier alpha value is -1.84. The Balaban J connectivity index is 1.70. The minimum atomic E-state index is 0.366. The molecule has 0 aromatic heterocycles. The van der Waals surface area contributed by atoms with Gasteiger partial charge in [0.15, 0.2) is 0 Å². The zero-order chi connectivity index (χ0) is 15.2. The molecule has 1 saturated heterocycles. The van der Waals surface area contributed by atoms with Crippen LogP contribution in [0.1, 0.15) is 24.0 Å². The monoisotopic (exact) mass is 296 g/mol. The maximum absolute atomic E-state index is 5.91. The molecule has 1 aliphatic rings. The van der Waals surface area contributed by atoms with E-state index in [4.69, 9.17) is 10.5 Å². The molecule has 0 amide bonds. The van der Waals surface area contributed by atoms with E-state index >= 15 is 0 Å². The first-order chi connectivity index (χ1) is 10.8. The molecule has 3 rings (SSSR count). The number of nitrogens with two attached hydrogens (primary N) is 1. The van der Waals surface area contributed by atoms with E-state index in [1.54, 1.807) is 0 Å². The van der Waals surface area contributed by atoms with Crippen molar-refractivity contribution in [3.8, 4) is 0 Å². The second kappa shape index (κ2) is 7.43. The molecule has 2 aromatic rings. The van der Waals surface area contributed by atoms with Crippen LogP contribution < -0.4 is 5.73 Å². The molecule has 0 bridgehead atoms. The van der Waals surface area contributed by atoms with Gasteiger partial charge in [0.05, 0.1) is 6.10 Å². The highest BCUT2D eigenvalue weighted by Crippen LogP contribution is 2.18. The van der Waals surface area contributed by atoms with Crippen molar-refractivity contribution in [2.75, 3.05) is 18.9 Å². The average molecular weight is 296 g/mol. The predicted octanol–water partition coefficient (Wildman–Crippen LogP) is 3.45. The van der Waals surface area contributed by atoms with Crippen molar-refractivity contribution >= 4 is 5.69 Å². The van der Waals surface area contributed by atoms with E-state index in [1.165, 1.54) is 24.0 Å². The molecule has 116 valence electrons. The van der Waals surface area contributed by atoms with E-state index in [9.17, 15) is 0 Å². The maximum Gasteiger partial charge on any atom is 0.0703 e. The molecule has 1 unspecified atom stereocenters. The van der Waals surface area contributed by atoms with Crippen molar-refractivity contribution in [2.24, 2.45) is 0 Å². The van der Waals surface area contributed by atoms with Crippen molar-refractivity contribution < 1.29 is 4.74 Å². The minimum Gasteiger partial charge on any atom is -0.399 e. The fourth-order valence-corrected chi connectivity index (χ4v) is 3.05. The quantitative estimate of drug-likeness (QED) is 0.830. The minimum absolute atomic E-state index is 0.366. The largest absolute Gasteiger partial charge is 0.399 e. The van der Waals surface area contributed by atoms with Gasteiger partial charge in [-0.15, -0.1) is 0 Å². The first-order valence-electron chi connectivity index (χ1n) is 8.02. The third-order valence-electron chi connectivity index (χ3n) is 4.09. The highest BCUT2D eigenvalue weighted by Gasteiger charge is 2.19. The van der Waals surface area contributed by atoms with Crippen LogP contribution in [-0.4, -0.2) is 24.2 Å². The van der Waals surface area contributed by atoms with E-state index in [2.05, 4.69) is 47.4 Å². The molecule has 2 N–H and O–H groups in total. The molecular formula is C19H24N2O. The number of nitrogen functional groups attached to an aromatic ring is 1. The summed E-state index contributed by atoms with van der Waals surface area (Å²) < 4.78 is 5.82. The second-order valence-corrected chi connectivity index (χ2v) is 6.04. The summed E-state index contributed by atoms with van der Waals surface area (Å²) >= 11 is 0. The lowest BCUT2D eigenvalue weighted by molar-refractivity contribution is 0.0679. The average Bonchev–Trinajstić information content (AvgIpc) is 3.01. The lowest BCUT2D eigenvalue weighted by Gasteiger charge is -2.25. The summed E-state index contributed by atoms with van der Waals surface area (Å²) in [6.07, 6.45) is 2.72. The van der Waals surface area contributed by atoms with Crippen LogP contribution in [0.4, 0.5) is 5.69 Å². The molecule has 0 spiro atoms. The Kier molecular flexibility index (Phi) is 5.09. The van der Waals surface area contributed by atoms with Crippen LogP contribution in [0, 0.1) is 0 Å². The van der Waals surface area contributed by atoms with Crippen molar-refractivity contribution in [1.29, 1.82) is 0 Å². The van der Waals surface area contributed by atoms with E-state index in [0.717, 1.165) is 31.9 Å². The Morgan fingerprint density at radius 3 is 2.50 bits per heavy atom. The number of hydrogen-bond acceptors (Lipinski definition) is 3. The number of rotatable bonds is 6. The molecule has 3 heteroatoms. The van der Waals surface area contributed by atoms with Crippen LogP contribution in [-0.2, 0) is 17.8 Å². The highest BCUT2D eigenvalue weighted by atomic mass is 16.5. The van der Waals surface area contributed by atoms with Gasteiger partial charge in [0.25, 0.3) is 0 Å². The van der Waals surface area contributed by atoms with Crippen molar-refractivity contribution in [1.82, 2.24) is 4.90 Å². The number of hydrogen-bond donors (Lipinski definition) is 1. The van der Waals surface area contributed by atoms with E-state index in [1.807, 2.05) is 12.1 Å². The van der Waals surface area contributed by atoms with Crippen molar-refractivity contribution in [3.63, 3.8) is 0 Å². The third kappa shape index (κ3) is 4.33. The van der Waals surface area contributed by atoms with Crippen LogP contribution in [0.5, 0.6) is 0 Å². The molecule has 1 fully saturated rings. The highest BCUT2D eigenvalue weighted by molar-refractivity contribution is 5.40. The lowest BCUT2D eigenvalue weighted by Crippen LogP contribution is -2.31. The second-order valence-electron chi connectivity index (χ2n) is 6.04. The van der Waals surface area contributed by atoms with Crippen LogP contribution in [0.2, 0.25) is 0 Å². The zero-order valence-electron chi connectivity index (χ0n) is 12.9. The Labute approximate surface area is 132 Å². The van der Waals surface area contributed by atoms with Gasteiger partial charge in [-0.05, 0) is 36.1 Å². The van der Waals surface area contributed by atoms with Gasteiger partial charge in [0, 0.05) is 31.9 Å². The SMILES string of the molecule is Nc1cccc(CN(Cc2ccccc2)CC2CCCO2)c1. The summed E-state index contributed by atoms with van der Waals surface area (Å²) in [5, 5.41) is 0. The molecule has 0 aliphatic carbocycles. The summed E-state index contributed by atoms with van der Waals surface area (Å²) in [6, 6.07) is 18.8. The van der Waals surface area contributed by atoms with Crippen LogP contribution in [0.3, 0.4) is 0 Å². The first kappa shape index (κ1) is 15.1. The summed E-state index contributed by atoms with van der Waals surface area (Å²) in [7, 11) is 0. The molecule has 0 radical (unpaired) electrons. The number of benzene rings is 2. The predicted molar refractivity (Wildman–Crippen MR) is 90.4 cm³/mol. The van der Waals surface area contributed by atoms with E-state index < -0.39 is 0 Å².